The average molecular weight is 522 g/mol. The molecule has 0 bridgehead atoms. The number of nitrogens with one attached hydrogen (secondary N) is 1. The van der Waals surface area contributed by atoms with E-state index in [9.17, 15) is 18.0 Å². The Kier molecular flexibility index (Phi) is 10.2. The number of aryl methyl sites for hydroxylation is 2. The van der Waals surface area contributed by atoms with Gasteiger partial charge in [0, 0.05) is 30.6 Å². The molecule has 2 rings (SSSR count). The first kappa shape index (κ1) is 28.7. The van der Waals surface area contributed by atoms with Crippen molar-refractivity contribution in [1.29, 1.82) is 0 Å². The zero-order chi connectivity index (χ0) is 26.3. The maximum atomic E-state index is 13.3. The van der Waals surface area contributed by atoms with Crippen LogP contribution in [-0.4, -0.2) is 50.0 Å². The van der Waals surface area contributed by atoms with Gasteiger partial charge in [-0.1, -0.05) is 41.9 Å². The average Bonchev–Trinajstić information content (AvgIpc) is 2.76. The Hall–Kier alpha value is -2.58. The number of anilines is 1. The van der Waals surface area contributed by atoms with Crippen molar-refractivity contribution in [3.8, 4) is 0 Å². The molecule has 1 atom stereocenters. The van der Waals surface area contributed by atoms with E-state index in [-0.39, 0.29) is 30.8 Å². The van der Waals surface area contributed by atoms with Crippen LogP contribution in [-0.2, 0) is 26.2 Å². The minimum Gasteiger partial charge on any atom is -0.352 e. The molecular formula is C26H36ClN3O4S. The van der Waals surface area contributed by atoms with Gasteiger partial charge in [-0.25, -0.2) is 8.42 Å². The number of carbonyl (C=O) groups is 2. The lowest BCUT2D eigenvalue weighted by molar-refractivity contribution is -0.140. The number of carbonyl (C=O) groups excluding carboxylic acids is 2. The highest BCUT2D eigenvalue weighted by molar-refractivity contribution is 7.92. The summed E-state index contributed by atoms with van der Waals surface area (Å²) in [6.45, 7) is 9.65. The van der Waals surface area contributed by atoms with Gasteiger partial charge >= 0.3 is 0 Å². The van der Waals surface area contributed by atoms with Gasteiger partial charge in [0.15, 0.2) is 0 Å². The molecule has 0 heterocycles. The molecule has 2 aromatic rings. The third-order valence-corrected chi connectivity index (χ3v) is 7.21. The molecule has 0 fully saturated rings. The van der Waals surface area contributed by atoms with Gasteiger partial charge in [0.1, 0.15) is 6.04 Å². The Bertz CT molecular complexity index is 1150. The number of nitrogens with zero attached hydrogens (tertiary/aromatic N) is 2. The van der Waals surface area contributed by atoms with E-state index in [1.54, 1.807) is 30.0 Å². The van der Waals surface area contributed by atoms with Crippen LogP contribution in [0.5, 0.6) is 0 Å². The van der Waals surface area contributed by atoms with Crippen LogP contribution in [0.1, 0.15) is 50.3 Å². The smallest absolute Gasteiger partial charge is 0.242 e. The van der Waals surface area contributed by atoms with Crippen molar-refractivity contribution < 1.29 is 18.0 Å². The quantitative estimate of drug-likeness (QED) is 0.473. The molecule has 0 saturated carbocycles. The second kappa shape index (κ2) is 12.4. The van der Waals surface area contributed by atoms with Crippen molar-refractivity contribution in [2.75, 3.05) is 17.1 Å². The van der Waals surface area contributed by atoms with E-state index in [1.165, 1.54) is 4.31 Å². The lowest BCUT2D eigenvalue weighted by atomic mass is 10.1. The highest BCUT2D eigenvalue weighted by Gasteiger charge is 2.27. The van der Waals surface area contributed by atoms with Crippen LogP contribution in [0.3, 0.4) is 0 Å². The first-order valence-corrected chi connectivity index (χ1v) is 13.9. The van der Waals surface area contributed by atoms with Crippen LogP contribution >= 0.6 is 11.6 Å². The van der Waals surface area contributed by atoms with Gasteiger partial charge in [-0.3, -0.25) is 13.9 Å². The molecule has 7 nitrogen and oxygen atoms in total. The van der Waals surface area contributed by atoms with Crippen molar-refractivity contribution in [2.24, 2.45) is 0 Å². The van der Waals surface area contributed by atoms with E-state index >= 15 is 0 Å². The van der Waals surface area contributed by atoms with Crippen LogP contribution in [0.4, 0.5) is 5.69 Å². The zero-order valence-corrected chi connectivity index (χ0v) is 22.9. The van der Waals surface area contributed by atoms with Crippen LogP contribution < -0.4 is 9.62 Å². The van der Waals surface area contributed by atoms with Gasteiger partial charge in [0.05, 0.1) is 11.9 Å². The van der Waals surface area contributed by atoms with Crippen molar-refractivity contribution in [1.82, 2.24) is 10.2 Å². The normalized spacial score (nSPS) is 12.3. The SMILES string of the molecule is Cc1ccccc1CN(C(=O)CCCN(c1cc(Cl)ccc1C)S(C)(=O)=O)[C@@H](C)C(=O)NC(C)C. The molecule has 0 aliphatic heterocycles. The van der Waals surface area contributed by atoms with E-state index in [4.69, 9.17) is 11.6 Å². The van der Waals surface area contributed by atoms with Gasteiger partial charge in [-0.15, -0.1) is 0 Å². The van der Waals surface area contributed by atoms with Crippen LogP contribution in [0.2, 0.25) is 5.02 Å². The van der Waals surface area contributed by atoms with Gasteiger partial charge in [-0.05, 0) is 69.9 Å². The molecule has 0 aromatic heterocycles. The van der Waals surface area contributed by atoms with Crippen LogP contribution in [0.15, 0.2) is 42.5 Å². The van der Waals surface area contributed by atoms with Crippen molar-refractivity contribution >= 4 is 39.1 Å². The molecule has 1 N–H and O–H groups in total. The first-order valence-electron chi connectivity index (χ1n) is 11.7. The first-order chi connectivity index (χ1) is 16.3. The summed E-state index contributed by atoms with van der Waals surface area (Å²) in [6.07, 6.45) is 1.52. The monoisotopic (exact) mass is 521 g/mol. The van der Waals surface area contributed by atoms with E-state index in [0.29, 0.717) is 23.7 Å². The van der Waals surface area contributed by atoms with E-state index in [1.807, 2.05) is 52.0 Å². The largest absolute Gasteiger partial charge is 0.352 e. The maximum absolute atomic E-state index is 13.3. The molecule has 0 radical (unpaired) electrons. The molecule has 9 heteroatoms. The molecule has 0 spiro atoms. The number of rotatable bonds is 11. The maximum Gasteiger partial charge on any atom is 0.242 e. The predicted octanol–water partition coefficient (Wildman–Crippen LogP) is 4.44. The predicted molar refractivity (Wildman–Crippen MR) is 142 cm³/mol. The highest BCUT2D eigenvalue weighted by atomic mass is 35.5. The van der Waals surface area contributed by atoms with Crippen molar-refractivity contribution in [3.63, 3.8) is 0 Å². The summed E-state index contributed by atoms with van der Waals surface area (Å²) in [4.78, 5) is 27.6. The fraction of sp³-hybridized carbons (Fsp3) is 0.462. The summed E-state index contributed by atoms with van der Waals surface area (Å²) in [5.41, 5.74) is 3.25. The molecule has 0 saturated heterocycles. The standard InChI is InChI=1S/C26H36ClN3O4S/c1-18(2)28-26(32)21(5)29(17-22-11-8-7-10-19(22)3)25(31)12-9-15-30(35(6,33)34)24-16-23(27)14-13-20(24)4/h7-8,10-11,13-14,16,18,21H,9,12,15,17H2,1-6H3,(H,28,32)/t21-/m0/s1. The molecule has 0 aliphatic carbocycles. The summed E-state index contributed by atoms with van der Waals surface area (Å²) >= 11 is 6.11. The fourth-order valence-electron chi connectivity index (χ4n) is 3.79. The summed E-state index contributed by atoms with van der Waals surface area (Å²) in [5, 5.41) is 3.31. The molecule has 2 aromatic carbocycles. The third-order valence-electron chi connectivity index (χ3n) is 5.79. The lowest BCUT2D eigenvalue weighted by Crippen LogP contribution is -2.49. The lowest BCUT2D eigenvalue weighted by Gasteiger charge is -2.30. The Balaban J connectivity index is 2.22. The van der Waals surface area contributed by atoms with E-state index in [0.717, 1.165) is 22.9 Å². The van der Waals surface area contributed by atoms with Gasteiger partial charge in [-0.2, -0.15) is 0 Å². The molecular weight excluding hydrogens is 486 g/mol. The summed E-state index contributed by atoms with van der Waals surface area (Å²) in [5.74, 6) is -0.440. The molecule has 0 unspecified atom stereocenters. The molecule has 192 valence electrons. The van der Waals surface area contributed by atoms with Gasteiger partial charge in [0.25, 0.3) is 0 Å². The topological polar surface area (TPSA) is 86.8 Å². The molecule has 35 heavy (non-hydrogen) atoms. The van der Waals surface area contributed by atoms with Crippen molar-refractivity contribution in [3.05, 3.63) is 64.2 Å². The molecule has 2 amide bonds. The number of hydrogen-bond donors (Lipinski definition) is 1. The minimum absolute atomic E-state index is 0.0513. The Morgan fingerprint density at radius 3 is 2.29 bits per heavy atom. The minimum atomic E-state index is -3.59. The second-order valence-corrected chi connectivity index (χ2v) is 11.5. The van der Waals surface area contributed by atoms with Crippen LogP contribution in [0, 0.1) is 13.8 Å². The summed E-state index contributed by atoms with van der Waals surface area (Å²) < 4.78 is 26.3. The van der Waals surface area contributed by atoms with Gasteiger partial charge < -0.3 is 10.2 Å². The third kappa shape index (κ3) is 8.25. The zero-order valence-electron chi connectivity index (χ0n) is 21.3. The number of sulfonamides is 1. The van der Waals surface area contributed by atoms with Gasteiger partial charge in [0.2, 0.25) is 21.8 Å². The van der Waals surface area contributed by atoms with Crippen LogP contribution in [0.25, 0.3) is 0 Å². The Labute approximate surface area is 214 Å². The fourth-order valence-corrected chi connectivity index (χ4v) is 4.97. The number of benzene rings is 2. The van der Waals surface area contributed by atoms with E-state index < -0.39 is 16.1 Å². The number of halogens is 1. The Morgan fingerprint density at radius 1 is 1.03 bits per heavy atom. The van der Waals surface area contributed by atoms with Crippen molar-refractivity contribution in [2.45, 2.75) is 66.1 Å². The summed E-state index contributed by atoms with van der Waals surface area (Å²) in [7, 11) is -3.59. The highest BCUT2D eigenvalue weighted by Crippen LogP contribution is 2.27. The van der Waals surface area contributed by atoms with E-state index in [2.05, 4.69) is 5.32 Å². The molecule has 0 aliphatic rings. The Morgan fingerprint density at radius 2 is 1.69 bits per heavy atom. The number of hydrogen-bond acceptors (Lipinski definition) is 4. The summed E-state index contributed by atoms with van der Waals surface area (Å²) in [6, 6.07) is 12.1. The number of amides is 2. The second-order valence-electron chi connectivity index (χ2n) is 9.16.